The third-order valence-corrected chi connectivity index (χ3v) is 4.88. The fourth-order valence-corrected chi connectivity index (χ4v) is 3.45. The van der Waals surface area contributed by atoms with Crippen molar-refractivity contribution in [3.05, 3.63) is 46.7 Å². The monoisotopic (exact) mass is 359 g/mol. The number of aliphatic hydroxyl groups excluding tert-OH is 1. The van der Waals surface area contributed by atoms with Gasteiger partial charge in [-0.05, 0) is 44.4 Å². The Morgan fingerprint density at radius 2 is 2.36 bits per heavy atom. The number of thiazole rings is 1. The first-order valence-electron chi connectivity index (χ1n) is 8.27. The third kappa shape index (κ3) is 4.87. The van der Waals surface area contributed by atoms with E-state index in [0.717, 1.165) is 30.0 Å². The number of pyridine rings is 1. The molecule has 1 amide bonds. The average molecular weight is 359 g/mol. The second-order valence-corrected chi connectivity index (χ2v) is 7.07. The van der Waals surface area contributed by atoms with Crippen molar-refractivity contribution >= 4 is 23.3 Å². The maximum absolute atomic E-state index is 12.1. The average Bonchev–Trinajstić information content (AvgIpc) is 3.03. The minimum Gasteiger partial charge on any atom is -0.486 e. The van der Waals surface area contributed by atoms with Gasteiger partial charge in [-0.15, -0.1) is 11.3 Å². The van der Waals surface area contributed by atoms with Gasteiger partial charge in [-0.3, -0.25) is 9.78 Å². The lowest BCUT2D eigenvalue weighted by atomic mass is 9.90. The van der Waals surface area contributed by atoms with Gasteiger partial charge in [-0.2, -0.15) is 0 Å². The first-order chi connectivity index (χ1) is 12.1. The summed E-state index contributed by atoms with van der Waals surface area (Å²) in [4.78, 5) is 20.4. The van der Waals surface area contributed by atoms with Gasteiger partial charge in [0.15, 0.2) is 0 Å². The molecular weight excluding hydrogens is 338 g/mol. The van der Waals surface area contributed by atoms with E-state index in [1.54, 1.807) is 30.6 Å². The number of rotatable bonds is 5. The van der Waals surface area contributed by atoms with Crippen LogP contribution in [0.1, 0.15) is 30.0 Å². The molecule has 2 heterocycles. The normalized spacial score (nSPS) is 23.5. The molecule has 6 nitrogen and oxygen atoms in total. The zero-order valence-corrected chi connectivity index (χ0v) is 14.8. The summed E-state index contributed by atoms with van der Waals surface area (Å²) in [7, 11) is 0. The maximum atomic E-state index is 12.1. The predicted molar refractivity (Wildman–Crippen MR) is 96.3 cm³/mol. The molecule has 0 spiro atoms. The predicted octanol–water partition coefficient (Wildman–Crippen LogP) is 2.34. The number of nitrogens with one attached hydrogen (secondary N) is 1. The summed E-state index contributed by atoms with van der Waals surface area (Å²) in [6.45, 7) is 1.92. The molecule has 3 atom stereocenters. The molecule has 0 saturated heterocycles. The summed E-state index contributed by atoms with van der Waals surface area (Å²) in [5.41, 5.74) is 0.764. The molecule has 2 aromatic heterocycles. The van der Waals surface area contributed by atoms with Crippen molar-refractivity contribution < 1.29 is 14.6 Å². The molecule has 25 heavy (non-hydrogen) atoms. The first kappa shape index (κ1) is 17.6. The van der Waals surface area contributed by atoms with Gasteiger partial charge in [-0.25, -0.2) is 4.98 Å². The van der Waals surface area contributed by atoms with Gasteiger partial charge in [0.05, 0.1) is 22.9 Å². The number of hydrogen-bond acceptors (Lipinski definition) is 6. The van der Waals surface area contributed by atoms with Crippen LogP contribution in [0.15, 0.2) is 36.0 Å². The molecule has 3 rings (SSSR count). The Morgan fingerprint density at radius 1 is 1.48 bits per heavy atom. The van der Waals surface area contributed by atoms with E-state index in [2.05, 4.69) is 15.3 Å². The highest BCUT2D eigenvalue weighted by Crippen LogP contribution is 2.24. The van der Waals surface area contributed by atoms with Crippen LogP contribution in [0.2, 0.25) is 0 Å². The maximum Gasteiger partial charge on any atom is 0.244 e. The van der Waals surface area contributed by atoms with E-state index in [0.29, 0.717) is 5.75 Å². The van der Waals surface area contributed by atoms with Gasteiger partial charge < -0.3 is 15.2 Å². The lowest BCUT2D eigenvalue weighted by Crippen LogP contribution is -2.52. The number of ether oxygens (including phenoxy) is 1. The van der Waals surface area contributed by atoms with Crippen LogP contribution in [-0.4, -0.2) is 39.2 Å². The number of nitrogens with zero attached hydrogens (tertiary/aromatic N) is 2. The summed E-state index contributed by atoms with van der Waals surface area (Å²) < 4.78 is 5.82. The summed E-state index contributed by atoms with van der Waals surface area (Å²) in [6, 6.07) is 3.26. The Morgan fingerprint density at radius 3 is 3.08 bits per heavy atom. The number of aliphatic hydroxyl groups is 1. The smallest absolute Gasteiger partial charge is 0.244 e. The van der Waals surface area contributed by atoms with Gasteiger partial charge in [0.25, 0.3) is 0 Å². The lowest BCUT2D eigenvalue weighted by Gasteiger charge is -2.35. The fourth-order valence-electron chi connectivity index (χ4n) is 2.87. The molecule has 132 valence electrons. The highest BCUT2D eigenvalue weighted by atomic mass is 32.1. The second kappa shape index (κ2) is 8.22. The second-order valence-electron chi connectivity index (χ2n) is 6.01. The van der Waals surface area contributed by atoms with Crippen molar-refractivity contribution in [2.45, 2.75) is 44.4 Å². The molecule has 0 aromatic carbocycles. The number of hydrogen-bond donors (Lipinski definition) is 2. The molecular formula is C18H21N3O3S. The molecule has 2 N–H and O–H groups in total. The topological polar surface area (TPSA) is 84.3 Å². The largest absolute Gasteiger partial charge is 0.486 e. The fraction of sp³-hybridized carbons (Fsp3) is 0.389. The van der Waals surface area contributed by atoms with E-state index in [-0.39, 0.29) is 18.1 Å². The summed E-state index contributed by atoms with van der Waals surface area (Å²) in [5, 5.41) is 16.3. The van der Waals surface area contributed by atoms with Crippen molar-refractivity contribution in [3.8, 4) is 5.75 Å². The van der Waals surface area contributed by atoms with E-state index < -0.39 is 6.10 Å². The number of carbonyl (C=O) groups excluding carboxylic acids is 1. The van der Waals surface area contributed by atoms with Crippen LogP contribution >= 0.6 is 11.3 Å². The van der Waals surface area contributed by atoms with Crippen LogP contribution < -0.4 is 10.1 Å². The Hall–Kier alpha value is -2.25. The highest BCUT2D eigenvalue weighted by molar-refractivity contribution is 7.09. The van der Waals surface area contributed by atoms with Crippen LogP contribution in [-0.2, 0) is 4.79 Å². The van der Waals surface area contributed by atoms with Crippen molar-refractivity contribution in [2.24, 2.45) is 0 Å². The number of amides is 1. The summed E-state index contributed by atoms with van der Waals surface area (Å²) in [5.74, 6) is 0.383. The summed E-state index contributed by atoms with van der Waals surface area (Å²) in [6.07, 6.45) is 7.66. The number of aryl methyl sites for hydroxylation is 1. The van der Waals surface area contributed by atoms with Gasteiger partial charge in [0, 0.05) is 17.7 Å². The Labute approximate surface area is 150 Å². The van der Waals surface area contributed by atoms with E-state index >= 15 is 0 Å². The molecule has 0 bridgehead atoms. The first-order valence-corrected chi connectivity index (χ1v) is 9.15. The van der Waals surface area contributed by atoms with Crippen LogP contribution in [0.25, 0.3) is 6.08 Å². The van der Waals surface area contributed by atoms with Gasteiger partial charge >= 0.3 is 0 Å². The standard InChI is InChI=1S/C18H21N3O3S/c1-12-20-13(11-25-12)7-8-17(22)21-15-5-2-6-16(18(15)23)24-14-4-3-9-19-10-14/h3-4,7-11,15-16,18,23H,2,5-6H2,1H3,(H,21,22)/b8-7+/t15-,16-,18-/m1/s1. The zero-order chi connectivity index (χ0) is 17.6. The van der Waals surface area contributed by atoms with E-state index in [1.807, 2.05) is 12.3 Å². The van der Waals surface area contributed by atoms with Gasteiger partial charge in [-0.1, -0.05) is 0 Å². The lowest BCUT2D eigenvalue weighted by molar-refractivity contribution is -0.119. The van der Waals surface area contributed by atoms with Crippen LogP contribution in [0.4, 0.5) is 0 Å². The van der Waals surface area contributed by atoms with E-state index in [4.69, 9.17) is 4.74 Å². The Balaban J connectivity index is 1.56. The molecule has 1 aliphatic carbocycles. The van der Waals surface area contributed by atoms with Crippen molar-refractivity contribution in [1.82, 2.24) is 15.3 Å². The highest BCUT2D eigenvalue weighted by Gasteiger charge is 2.34. The SMILES string of the molecule is Cc1nc(/C=C/C(=O)N[C@@H]2CCC[C@@H](Oc3cccnc3)[C@@H]2O)cs1. The molecule has 0 radical (unpaired) electrons. The molecule has 1 aliphatic rings. The van der Waals surface area contributed by atoms with Crippen molar-refractivity contribution in [3.63, 3.8) is 0 Å². The molecule has 2 aromatic rings. The van der Waals surface area contributed by atoms with Crippen LogP contribution in [0.5, 0.6) is 5.75 Å². The van der Waals surface area contributed by atoms with Crippen molar-refractivity contribution in [2.75, 3.05) is 0 Å². The quantitative estimate of drug-likeness (QED) is 0.801. The minimum atomic E-state index is -0.757. The van der Waals surface area contributed by atoms with E-state index in [1.165, 1.54) is 17.4 Å². The number of aromatic nitrogens is 2. The third-order valence-electron chi connectivity index (χ3n) is 4.09. The number of carbonyl (C=O) groups is 1. The Bertz CT molecular complexity index is 732. The molecule has 0 aliphatic heterocycles. The summed E-state index contributed by atoms with van der Waals surface area (Å²) >= 11 is 1.54. The van der Waals surface area contributed by atoms with E-state index in [9.17, 15) is 9.90 Å². The van der Waals surface area contributed by atoms with Gasteiger partial charge in [0.1, 0.15) is 18.0 Å². The molecule has 1 saturated carbocycles. The van der Waals surface area contributed by atoms with Gasteiger partial charge in [0.2, 0.25) is 5.91 Å². The Kier molecular flexibility index (Phi) is 5.78. The van der Waals surface area contributed by atoms with Crippen LogP contribution in [0.3, 0.4) is 0 Å². The molecule has 1 fully saturated rings. The molecule has 7 heteroatoms. The van der Waals surface area contributed by atoms with Crippen molar-refractivity contribution in [1.29, 1.82) is 0 Å². The van der Waals surface area contributed by atoms with Crippen LogP contribution in [0, 0.1) is 6.92 Å². The minimum absolute atomic E-state index is 0.239. The molecule has 0 unspecified atom stereocenters. The zero-order valence-electron chi connectivity index (χ0n) is 14.0.